The van der Waals surface area contributed by atoms with Crippen LogP contribution in [-0.4, -0.2) is 33.0 Å². The van der Waals surface area contributed by atoms with E-state index < -0.39 is 11.5 Å². The van der Waals surface area contributed by atoms with Crippen LogP contribution in [0.2, 0.25) is 0 Å². The van der Waals surface area contributed by atoms with Gasteiger partial charge in [-0.3, -0.25) is 14.4 Å². The number of amides is 1. The van der Waals surface area contributed by atoms with Crippen LogP contribution >= 0.6 is 11.3 Å². The summed E-state index contributed by atoms with van der Waals surface area (Å²) >= 11 is 1.10. The number of ether oxygens (including phenoxy) is 1. The lowest BCUT2D eigenvalue weighted by molar-refractivity contribution is -0.131. The standard InChI is InChI=1S/C23H16N4O4S/c1-3-12-26-16-10-6-4-8-14(16)18(21(26)29)19-22(30)27-23(32-19)24-20(25-27)15-9-5-7-11-17(15)31-13(2)28/h3-11H,1,12H2,2H3/b19-18-. The minimum atomic E-state index is -0.468. The smallest absolute Gasteiger partial charge is 0.308 e. The van der Waals surface area contributed by atoms with E-state index in [1.54, 1.807) is 35.2 Å². The summed E-state index contributed by atoms with van der Waals surface area (Å²) in [5, 5.41) is 4.34. The molecule has 1 amide bonds. The van der Waals surface area contributed by atoms with Crippen molar-refractivity contribution in [1.82, 2.24) is 14.6 Å². The maximum Gasteiger partial charge on any atom is 0.308 e. The molecular weight excluding hydrogens is 428 g/mol. The number of fused-ring (bicyclic) bond motifs is 2. The monoisotopic (exact) mass is 444 g/mol. The highest BCUT2D eigenvalue weighted by atomic mass is 32.1. The van der Waals surface area contributed by atoms with E-state index in [4.69, 9.17) is 4.74 Å². The Labute approximate surface area is 185 Å². The SMILES string of the molecule is C=CCN1C(=O)/C(=c2\sc3nc(-c4ccccc4OC(C)=O)nn3c2=O)c2ccccc21. The molecule has 2 aromatic carbocycles. The Morgan fingerprint density at radius 1 is 1.12 bits per heavy atom. The molecule has 158 valence electrons. The van der Waals surface area contributed by atoms with Crippen molar-refractivity contribution >= 4 is 39.4 Å². The molecule has 0 bridgehead atoms. The van der Waals surface area contributed by atoms with Gasteiger partial charge in [0.05, 0.1) is 16.8 Å². The minimum absolute atomic E-state index is 0.256. The molecule has 9 heteroatoms. The Hall–Kier alpha value is -4.11. The molecule has 0 aliphatic carbocycles. The van der Waals surface area contributed by atoms with E-state index in [1.165, 1.54) is 11.4 Å². The van der Waals surface area contributed by atoms with Crippen molar-refractivity contribution in [2.75, 3.05) is 11.4 Å². The van der Waals surface area contributed by atoms with Gasteiger partial charge in [0.25, 0.3) is 11.5 Å². The lowest BCUT2D eigenvalue weighted by Gasteiger charge is -2.13. The first-order valence-corrected chi connectivity index (χ1v) is 10.5. The summed E-state index contributed by atoms with van der Waals surface area (Å²) in [6.07, 6.45) is 1.64. The fourth-order valence-corrected chi connectivity index (χ4v) is 4.70. The van der Waals surface area contributed by atoms with Gasteiger partial charge in [-0.1, -0.05) is 47.7 Å². The Morgan fingerprint density at radius 3 is 2.56 bits per heavy atom. The Kier molecular flexibility index (Phi) is 4.67. The summed E-state index contributed by atoms with van der Waals surface area (Å²) in [7, 11) is 0. The summed E-state index contributed by atoms with van der Waals surface area (Å²) in [4.78, 5) is 44.2. The summed E-state index contributed by atoms with van der Waals surface area (Å²) in [5.74, 6) is -0.161. The van der Waals surface area contributed by atoms with Gasteiger partial charge in [-0.15, -0.1) is 11.7 Å². The maximum absolute atomic E-state index is 13.2. The summed E-state index contributed by atoms with van der Waals surface area (Å²) < 4.78 is 6.69. The number of anilines is 1. The number of benzene rings is 2. The highest BCUT2D eigenvalue weighted by Gasteiger charge is 2.33. The predicted octanol–water partition coefficient (Wildman–Crippen LogP) is 2.19. The molecule has 8 nitrogen and oxygen atoms in total. The number of nitrogens with zero attached hydrogens (tertiary/aromatic N) is 4. The van der Waals surface area contributed by atoms with Gasteiger partial charge >= 0.3 is 5.97 Å². The number of carbonyl (C=O) groups excluding carboxylic acids is 2. The van der Waals surface area contributed by atoms with Crippen LogP contribution in [0.3, 0.4) is 0 Å². The average molecular weight is 444 g/mol. The molecule has 0 fully saturated rings. The van der Waals surface area contributed by atoms with Crippen LogP contribution in [0.5, 0.6) is 5.75 Å². The molecule has 32 heavy (non-hydrogen) atoms. The van der Waals surface area contributed by atoms with Gasteiger partial charge in [-0.05, 0) is 18.2 Å². The first kappa shape index (κ1) is 19.8. The second-order valence-electron chi connectivity index (χ2n) is 7.05. The van der Waals surface area contributed by atoms with E-state index in [2.05, 4.69) is 16.7 Å². The molecule has 1 aliphatic heterocycles. The highest BCUT2D eigenvalue weighted by molar-refractivity contribution is 7.15. The zero-order valence-electron chi connectivity index (χ0n) is 16.9. The second-order valence-corrected chi connectivity index (χ2v) is 8.03. The number of thiazole rings is 1. The van der Waals surface area contributed by atoms with E-state index >= 15 is 0 Å². The van der Waals surface area contributed by atoms with Crippen LogP contribution in [0.1, 0.15) is 12.5 Å². The number of para-hydroxylation sites is 2. The van der Waals surface area contributed by atoms with Crippen molar-refractivity contribution in [1.29, 1.82) is 0 Å². The van der Waals surface area contributed by atoms with Gasteiger partial charge in [0.2, 0.25) is 4.96 Å². The molecule has 1 aliphatic rings. The lowest BCUT2D eigenvalue weighted by atomic mass is 10.1. The minimum Gasteiger partial charge on any atom is -0.426 e. The fraction of sp³-hybridized carbons (Fsp3) is 0.0870. The van der Waals surface area contributed by atoms with E-state index in [0.29, 0.717) is 34.0 Å². The molecule has 5 rings (SSSR count). The Balaban J connectivity index is 1.69. The Bertz CT molecular complexity index is 1540. The molecule has 0 spiro atoms. The first-order valence-electron chi connectivity index (χ1n) is 9.73. The molecule has 2 aromatic heterocycles. The zero-order chi connectivity index (χ0) is 22.4. The summed E-state index contributed by atoms with van der Waals surface area (Å²) in [5.41, 5.74) is 1.84. The van der Waals surface area contributed by atoms with Crippen LogP contribution in [0.4, 0.5) is 5.69 Å². The topological polar surface area (TPSA) is 93.9 Å². The van der Waals surface area contributed by atoms with Crippen LogP contribution in [0.15, 0.2) is 66.0 Å². The van der Waals surface area contributed by atoms with Crippen LogP contribution in [-0.2, 0) is 9.59 Å². The van der Waals surface area contributed by atoms with E-state index in [1.807, 2.05) is 24.3 Å². The molecule has 0 saturated heterocycles. The number of rotatable bonds is 4. The molecule has 0 unspecified atom stereocenters. The fourth-order valence-electron chi connectivity index (χ4n) is 3.70. The molecule has 0 radical (unpaired) electrons. The third kappa shape index (κ3) is 3.02. The van der Waals surface area contributed by atoms with Crippen molar-refractivity contribution in [3.63, 3.8) is 0 Å². The molecule has 4 aromatic rings. The van der Waals surface area contributed by atoms with E-state index in [-0.39, 0.29) is 16.3 Å². The van der Waals surface area contributed by atoms with Gasteiger partial charge in [0.15, 0.2) is 5.82 Å². The summed E-state index contributed by atoms with van der Waals surface area (Å²) in [6, 6.07) is 14.2. The highest BCUT2D eigenvalue weighted by Crippen LogP contribution is 2.35. The zero-order valence-corrected chi connectivity index (χ0v) is 17.8. The molecule has 0 N–H and O–H groups in total. The molecular formula is C23H16N4O4S. The Morgan fingerprint density at radius 2 is 1.84 bits per heavy atom. The van der Waals surface area contributed by atoms with Crippen molar-refractivity contribution < 1.29 is 14.3 Å². The van der Waals surface area contributed by atoms with Gasteiger partial charge in [-0.25, -0.2) is 0 Å². The normalized spacial score (nSPS) is 14.7. The number of hydrogen-bond acceptors (Lipinski definition) is 7. The van der Waals surface area contributed by atoms with Crippen LogP contribution in [0.25, 0.3) is 21.9 Å². The van der Waals surface area contributed by atoms with Gasteiger partial charge in [0.1, 0.15) is 10.3 Å². The molecule has 0 saturated carbocycles. The van der Waals surface area contributed by atoms with Crippen LogP contribution < -0.4 is 19.7 Å². The number of aromatic nitrogens is 3. The predicted molar refractivity (Wildman–Crippen MR) is 121 cm³/mol. The van der Waals surface area contributed by atoms with E-state index in [9.17, 15) is 14.4 Å². The molecule has 0 atom stereocenters. The van der Waals surface area contributed by atoms with Crippen molar-refractivity contribution in [3.8, 4) is 17.1 Å². The van der Waals surface area contributed by atoms with Crippen molar-refractivity contribution in [2.24, 2.45) is 0 Å². The second kappa shape index (κ2) is 7.54. The quantitative estimate of drug-likeness (QED) is 0.272. The number of esters is 1. The third-order valence-electron chi connectivity index (χ3n) is 5.00. The van der Waals surface area contributed by atoms with Gasteiger partial charge in [0, 0.05) is 19.0 Å². The maximum atomic E-state index is 13.2. The summed E-state index contributed by atoms with van der Waals surface area (Å²) in [6.45, 7) is 5.36. The van der Waals surface area contributed by atoms with Gasteiger partial charge in [-0.2, -0.15) is 9.50 Å². The average Bonchev–Trinajstić information content (AvgIpc) is 3.40. The largest absolute Gasteiger partial charge is 0.426 e. The van der Waals surface area contributed by atoms with Crippen molar-refractivity contribution in [3.05, 3.63) is 81.6 Å². The number of carbonyl (C=O) groups is 2. The third-order valence-corrected chi connectivity index (χ3v) is 6.03. The molecule has 3 heterocycles. The van der Waals surface area contributed by atoms with Crippen LogP contribution in [0, 0.1) is 0 Å². The first-order chi connectivity index (χ1) is 15.5. The van der Waals surface area contributed by atoms with Crippen molar-refractivity contribution in [2.45, 2.75) is 6.92 Å². The van der Waals surface area contributed by atoms with E-state index in [0.717, 1.165) is 17.0 Å². The number of hydrogen-bond donors (Lipinski definition) is 0. The van der Waals surface area contributed by atoms with Gasteiger partial charge < -0.3 is 9.64 Å². The lowest BCUT2D eigenvalue weighted by Crippen LogP contribution is -2.32.